The van der Waals surface area contributed by atoms with Crippen LogP contribution < -0.4 is 5.32 Å². The van der Waals surface area contributed by atoms with Crippen LogP contribution in [0.5, 0.6) is 0 Å². The molecule has 0 aliphatic carbocycles. The fourth-order valence-electron chi connectivity index (χ4n) is 1.35. The molecule has 0 aliphatic rings. The Kier molecular flexibility index (Phi) is 4.84. The van der Waals surface area contributed by atoms with Gasteiger partial charge in [0.05, 0.1) is 4.90 Å². The summed E-state index contributed by atoms with van der Waals surface area (Å²) in [7, 11) is -3.12. The molecule has 0 saturated heterocycles. The molecule has 0 aromatic heterocycles. The molecule has 0 spiro atoms. The lowest BCUT2D eigenvalue weighted by molar-refractivity contribution is -0.116. The number of Topliss-reactive ketones (excluding diaryl/α,β-unsaturated/α-hetero) is 1. The normalized spacial score (nSPS) is 11.4. The van der Waals surface area contributed by atoms with Gasteiger partial charge in [0, 0.05) is 25.8 Å². The summed E-state index contributed by atoms with van der Waals surface area (Å²) in [6, 6.07) is 6.74. The Labute approximate surface area is 102 Å². The third-order valence-electron chi connectivity index (χ3n) is 2.33. The number of nitrogens with one attached hydrogen (secondary N) is 1. The average Bonchev–Trinajstić information content (AvgIpc) is 2.23. The lowest BCUT2D eigenvalue weighted by Crippen LogP contribution is -2.16. The van der Waals surface area contributed by atoms with E-state index in [0.717, 1.165) is 5.56 Å². The van der Waals surface area contributed by atoms with E-state index < -0.39 is 9.84 Å². The van der Waals surface area contributed by atoms with Crippen LogP contribution in [-0.4, -0.2) is 27.0 Å². The molecule has 5 heteroatoms. The first-order chi connectivity index (χ1) is 7.89. The quantitative estimate of drug-likeness (QED) is 0.775. The molecule has 1 N–H and O–H groups in total. The topological polar surface area (TPSA) is 63.2 Å². The number of carbonyl (C=O) groups excluding carboxylic acids is 1. The number of hydrogen-bond acceptors (Lipinski definition) is 4. The summed E-state index contributed by atoms with van der Waals surface area (Å²) < 4.78 is 22.5. The molecule has 0 saturated carbocycles. The molecule has 1 rings (SSSR count). The van der Waals surface area contributed by atoms with E-state index in [1.54, 1.807) is 31.2 Å². The van der Waals surface area contributed by atoms with Crippen molar-refractivity contribution < 1.29 is 13.2 Å². The van der Waals surface area contributed by atoms with E-state index in [1.807, 2.05) is 0 Å². The lowest BCUT2D eigenvalue weighted by Gasteiger charge is -2.04. The molecule has 17 heavy (non-hydrogen) atoms. The van der Waals surface area contributed by atoms with Crippen LogP contribution in [0.1, 0.15) is 18.9 Å². The van der Waals surface area contributed by atoms with Gasteiger partial charge in [-0.1, -0.05) is 12.1 Å². The zero-order valence-corrected chi connectivity index (χ0v) is 10.9. The van der Waals surface area contributed by atoms with E-state index in [9.17, 15) is 13.2 Å². The van der Waals surface area contributed by atoms with E-state index in [0.29, 0.717) is 24.4 Å². The average molecular weight is 255 g/mol. The summed E-state index contributed by atoms with van der Waals surface area (Å²) in [4.78, 5) is 11.0. The largest absolute Gasteiger partial charge is 0.312 e. The maximum absolute atomic E-state index is 11.2. The zero-order chi connectivity index (χ0) is 12.9. The monoisotopic (exact) mass is 255 g/mol. The highest BCUT2D eigenvalue weighted by Crippen LogP contribution is 2.09. The zero-order valence-electron chi connectivity index (χ0n) is 10.1. The van der Waals surface area contributed by atoms with Crippen LogP contribution in [0.4, 0.5) is 0 Å². The number of rotatable bonds is 6. The first-order valence-corrected chi connectivity index (χ1v) is 7.28. The number of sulfone groups is 1. The molecule has 1 aromatic carbocycles. The van der Waals surface area contributed by atoms with Crippen molar-refractivity contribution in [2.45, 2.75) is 24.8 Å². The maximum atomic E-state index is 11.2. The number of hydrogen-bond donors (Lipinski definition) is 1. The van der Waals surface area contributed by atoms with Crippen molar-refractivity contribution in [3.63, 3.8) is 0 Å². The summed E-state index contributed by atoms with van der Waals surface area (Å²) >= 11 is 0. The van der Waals surface area contributed by atoms with Crippen LogP contribution in [0.3, 0.4) is 0 Å². The van der Waals surface area contributed by atoms with Gasteiger partial charge < -0.3 is 5.32 Å². The van der Waals surface area contributed by atoms with Gasteiger partial charge in [-0.2, -0.15) is 0 Å². The Morgan fingerprint density at radius 2 is 1.82 bits per heavy atom. The Balaban J connectivity index is 2.49. The van der Waals surface area contributed by atoms with Crippen LogP contribution >= 0.6 is 0 Å². The van der Waals surface area contributed by atoms with E-state index >= 15 is 0 Å². The number of ketones is 1. The Morgan fingerprint density at radius 1 is 1.24 bits per heavy atom. The van der Waals surface area contributed by atoms with Crippen LogP contribution in [-0.2, 0) is 21.2 Å². The second kappa shape index (κ2) is 5.93. The molecule has 94 valence electrons. The molecular formula is C12H17NO3S. The van der Waals surface area contributed by atoms with E-state index in [-0.39, 0.29) is 5.78 Å². The van der Waals surface area contributed by atoms with Crippen LogP contribution in [0.25, 0.3) is 0 Å². The van der Waals surface area contributed by atoms with Gasteiger partial charge in [-0.05, 0) is 24.6 Å². The van der Waals surface area contributed by atoms with Gasteiger partial charge in [0.2, 0.25) is 0 Å². The first kappa shape index (κ1) is 13.9. The Hall–Kier alpha value is -1.20. The van der Waals surface area contributed by atoms with Crippen molar-refractivity contribution >= 4 is 15.6 Å². The second-order valence-corrected chi connectivity index (χ2v) is 6.06. The lowest BCUT2D eigenvalue weighted by atomic mass is 10.2. The van der Waals surface area contributed by atoms with Crippen LogP contribution in [0.2, 0.25) is 0 Å². The third-order valence-corrected chi connectivity index (χ3v) is 3.46. The highest BCUT2D eigenvalue weighted by atomic mass is 32.2. The Bertz CT molecular complexity index is 477. The van der Waals surface area contributed by atoms with Gasteiger partial charge in [-0.3, -0.25) is 4.79 Å². The van der Waals surface area contributed by atoms with Gasteiger partial charge in [-0.15, -0.1) is 0 Å². The molecule has 0 bridgehead atoms. The molecule has 0 radical (unpaired) electrons. The van der Waals surface area contributed by atoms with Crippen molar-refractivity contribution in [3.8, 4) is 0 Å². The van der Waals surface area contributed by atoms with E-state index in [4.69, 9.17) is 0 Å². The smallest absolute Gasteiger partial charge is 0.175 e. The minimum Gasteiger partial charge on any atom is -0.312 e. The van der Waals surface area contributed by atoms with Crippen LogP contribution in [0, 0.1) is 0 Å². The predicted molar refractivity (Wildman–Crippen MR) is 66.6 cm³/mol. The van der Waals surface area contributed by atoms with Gasteiger partial charge in [0.1, 0.15) is 5.78 Å². The van der Waals surface area contributed by atoms with Gasteiger partial charge in [-0.25, -0.2) is 8.42 Å². The van der Waals surface area contributed by atoms with E-state index in [2.05, 4.69) is 5.32 Å². The van der Waals surface area contributed by atoms with Crippen molar-refractivity contribution in [2.24, 2.45) is 0 Å². The molecule has 0 aliphatic heterocycles. The fourth-order valence-corrected chi connectivity index (χ4v) is 1.98. The molecule has 0 fully saturated rings. The molecule has 1 aromatic rings. The number of carbonyl (C=O) groups is 1. The first-order valence-electron chi connectivity index (χ1n) is 5.39. The van der Waals surface area contributed by atoms with Crippen LogP contribution in [0.15, 0.2) is 29.2 Å². The van der Waals surface area contributed by atoms with Crippen molar-refractivity contribution in [3.05, 3.63) is 29.8 Å². The van der Waals surface area contributed by atoms with Gasteiger partial charge in [0.15, 0.2) is 9.84 Å². The molecule has 0 atom stereocenters. The maximum Gasteiger partial charge on any atom is 0.175 e. The fraction of sp³-hybridized carbons (Fsp3) is 0.417. The summed E-state index contributed by atoms with van der Waals surface area (Å²) in [5.41, 5.74) is 1.00. The van der Waals surface area contributed by atoms with Crippen molar-refractivity contribution in [1.82, 2.24) is 5.32 Å². The van der Waals surface area contributed by atoms with Gasteiger partial charge >= 0.3 is 0 Å². The minimum absolute atomic E-state index is 0.157. The molecule has 0 heterocycles. The highest BCUT2D eigenvalue weighted by molar-refractivity contribution is 7.90. The summed E-state index contributed by atoms with van der Waals surface area (Å²) in [5.74, 6) is 0.157. The van der Waals surface area contributed by atoms with Crippen molar-refractivity contribution in [2.75, 3.05) is 12.8 Å². The highest BCUT2D eigenvalue weighted by Gasteiger charge is 2.05. The molecule has 4 nitrogen and oxygen atoms in total. The summed E-state index contributed by atoms with van der Waals surface area (Å²) in [6.45, 7) is 2.84. The predicted octanol–water partition coefficient (Wildman–Crippen LogP) is 1.16. The Morgan fingerprint density at radius 3 is 2.29 bits per heavy atom. The van der Waals surface area contributed by atoms with Gasteiger partial charge in [0.25, 0.3) is 0 Å². The number of benzene rings is 1. The van der Waals surface area contributed by atoms with E-state index in [1.165, 1.54) is 6.26 Å². The SMILES string of the molecule is CC(=O)CCNCc1ccc(S(C)(=O)=O)cc1. The molecule has 0 amide bonds. The standard InChI is InChI=1S/C12H17NO3S/c1-10(14)7-8-13-9-11-3-5-12(6-4-11)17(2,15)16/h3-6,13H,7-9H2,1-2H3. The molecule has 0 unspecified atom stereocenters. The van der Waals surface area contributed by atoms with Crippen molar-refractivity contribution in [1.29, 1.82) is 0 Å². The summed E-state index contributed by atoms with van der Waals surface area (Å²) in [5, 5.41) is 3.12. The third kappa shape index (κ3) is 5.10. The summed E-state index contributed by atoms with van der Waals surface area (Å²) in [6.07, 6.45) is 1.70. The molecular weight excluding hydrogens is 238 g/mol. The second-order valence-electron chi connectivity index (χ2n) is 4.04. The minimum atomic E-state index is -3.12.